The first-order valence-corrected chi connectivity index (χ1v) is 15.3. The lowest BCUT2D eigenvalue weighted by molar-refractivity contribution is -0.139. The molecule has 0 fully saturated rings. The summed E-state index contributed by atoms with van der Waals surface area (Å²) in [4.78, 5) is 32.2. The molecule has 4 aromatic rings. The normalized spacial score (nSPS) is 14.7. The van der Waals surface area contributed by atoms with E-state index in [2.05, 4.69) is 20.9 Å². The third-order valence-electron chi connectivity index (χ3n) is 6.80. The standard InChI is InChI=1S/C32H28BrClN2O6S/c1-5-41-31(38)28-18(2)35-32-36(29(28)21-9-13-24(39-3)23(33)16-21)30(37)27(43-32)15-20-8-12-25(26(14-20)40-4)42-17-19-6-10-22(34)11-7-19/h6-16,29H,5,17H2,1-4H3/b27-15+/t29-/m0/s1. The summed E-state index contributed by atoms with van der Waals surface area (Å²) in [5.41, 5.74) is 2.94. The molecule has 0 amide bonds. The molecular formula is C32H28BrClN2O6S. The van der Waals surface area contributed by atoms with Crippen LogP contribution in [0.25, 0.3) is 6.08 Å². The van der Waals surface area contributed by atoms with Crippen molar-refractivity contribution in [2.75, 3.05) is 20.8 Å². The average molecular weight is 684 g/mol. The third-order valence-corrected chi connectivity index (χ3v) is 8.66. The van der Waals surface area contributed by atoms with Crippen LogP contribution in [0.4, 0.5) is 0 Å². The van der Waals surface area contributed by atoms with Gasteiger partial charge in [-0.2, -0.15) is 0 Å². The second-order valence-electron chi connectivity index (χ2n) is 9.52. The highest BCUT2D eigenvalue weighted by molar-refractivity contribution is 9.10. The van der Waals surface area contributed by atoms with Crippen molar-refractivity contribution < 1.29 is 23.7 Å². The highest BCUT2D eigenvalue weighted by Crippen LogP contribution is 2.35. The van der Waals surface area contributed by atoms with Crippen LogP contribution in [0.15, 0.2) is 86.2 Å². The van der Waals surface area contributed by atoms with Gasteiger partial charge in [-0.15, -0.1) is 0 Å². The molecule has 0 saturated carbocycles. The van der Waals surface area contributed by atoms with E-state index in [1.165, 1.54) is 11.3 Å². The number of carbonyl (C=O) groups excluding carboxylic acids is 1. The number of halogens is 2. The summed E-state index contributed by atoms with van der Waals surface area (Å²) in [7, 11) is 3.14. The minimum absolute atomic E-state index is 0.195. The van der Waals surface area contributed by atoms with Gasteiger partial charge in [0.2, 0.25) is 0 Å². The predicted molar refractivity (Wildman–Crippen MR) is 170 cm³/mol. The zero-order chi connectivity index (χ0) is 30.7. The van der Waals surface area contributed by atoms with Gasteiger partial charge >= 0.3 is 5.97 Å². The Labute approximate surface area is 265 Å². The summed E-state index contributed by atoms with van der Waals surface area (Å²) in [5.74, 6) is 1.20. The molecule has 43 heavy (non-hydrogen) atoms. The second-order valence-corrected chi connectivity index (χ2v) is 11.8. The molecule has 0 spiro atoms. The third kappa shape index (κ3) is 6.41. The minimum Gasteiger partial charge on any atom is -0.496 e. The number of aromatic nitrogens is 1. The van der Waals surface area contributed by atoms with Crippen LogP contribution in [0.2, 0.25) is 5.02 Å². The first-order valence-electron chi connectivity index (χ1n) is 13.3. The number of esters is 1. The molecule has 5 rings (SSSR count). The van der Waals surface area contributed by atoms with Crippen molar-refractivity contribution in [3.63, 3.8) is 0 Å². The van der Waals surface area contributed by atoms with E-state index in [1.807, 2.05) is 48.5 Å². The van der Waals surface area contributed by atoms with Crippen LogP contribution >= 0.6 is 38.9 Å². The minimum atomic E-state index is -0.738. The highest BCUT2D eigenvalue weighted by Gasteiger charge is 2.33. The predicted octanol–water partition coefficient (Wildman–Crippen LogP) is 5.81. The van der Waals surface area contributed by atoms with Crippen LogP contribution in [0.1, 0.15) is 36.6 Å². The SMILES string of the molecule is CCOC(=O)C1=C(C)N=c2s/c(=C/c3ccc(OCc4ccc(Cl)cc4)c(OC)c3)c(=O)n2[C@H]1c1ccc(OC)c(Br)c1. The maximum Gasteiger partial charge on any atom is 0.338 e. The smallest absolute Gasteiger partial charge is 0.338 e. The van der Waals surface area contributed by atoms with Gasteiger partial charge in [-0.25, -0.2) is 9.79 Å². The van der Waals surface area contributed by atoms with Crippen molar-refractivity contribution in [1.29, 1.82) is 0 Å². The van der Waals surface area contributed by atoms with E-state index in [0.29, 0.717) is 59.5 Å². The molecule has 0 saturated heterocycles. The molecule has 11 heteroatoms. The van der Waals surface area contributed by atoms with Gasteiger partial charge < -0.3 is 18.9 Å². The van der Waals surface area contributed by atoms with Crippen LogP contribution in [-0.2, 0) is 16.1 Å². The number of methoxy groups -OCH3 is 2. The van der Waals surface area contributed by atoms with E-state index in [4.69, 9.17) is 30.5 Å². The molecule has 1 aliphatic rings. The second kappa shape index (κ2) is 13.2. The zero-order valence-corrected chi connectivity index (χ0v) is 27.0. The number of benzene rings is 3. The largest absolute Gasteiger partial charge is 0.496 e. The van der Waals surface area contributed by atoms with Crippen LogP contribution in [-0.4, -0.2) is 31.4 Å². The fourth-order valence-electron chi connectivity index (χ4n) is 4.75. The fourth-order valence-corrected chi connectivity index (χ4v) is 6.48. The summed E-state index contributed by atoms with van der Waals surface area (Å²) in [6, 6.07) is 17.6. The summed E-state index contributed by atoms with van der Waals surface area (Å²) < 4.78 is 25.0. The van der Waals surface area contributed by atoms with E-state index in [-0.39, 0.29) is 12.2 Å². The molecule has 0 bridgehead atoms. The number of thiazole rings is 1. The molecule has 0 aliphatic carbocycles. The number of rotatable bonds is 9. The summed E-state index contributed by atoms with van der Waals surface area (Å²) in [6.07, 6.45) is 1.78. The molecule has 0 N–H and O–H groups in total. The molecule has 1 aromatic heterocycles. The van der Waals surface area contributed by atoms with Crippen molar-refractivity contribution in [2.24, 2.45) is 4.99 Å². The van der Waals surface area contributed by atoms with Crippen LogP contribution < -0.4 is 29.1 Å². The number of nitrogens with zero attached hydrogens (tertiary/aromatic N) is 2. The summed E-state index contributed by atoms with van der Waals surface area (Å²) in [6.45, 7) is 4.03. The van der Waals surface area contributed by atoms with Crippen molar-refractivity contribution in [1.82, 2.24) is 4.57 Å². The van der Waals surface area contributed by atoms with E-state index in [1.54, 1.807) is 50.8 Å². The Balaban J connectivity index is 1.55. The number of hydrogen-bond acceptors (Lipinski definition) is 8. The molecule has 1 aliphatic heterocycles. The van der Waals surface area contributed by atoms with E-state index in [9.17, 15) is 9.59 Å². The number of fused-ring (bicyclic) bond motifs is 1. The Morgan fingerprint density at radius 2 is 1.77 bits per heavy atom. The summed E-state index contributed by atoms with van der Waals surface area (Å²) in [5, 5.41) is 0.659. The number of carbonyl (C=O) groups is 1. The van der Waals surface area contributed by atoms with E-state index < -0.39 is 12.0 Å². The average Bonchev–Trinajstić information content (AvgIpc) is 3.30. The van der Waals surface area contributed by atoms with Gasteiger partial charge in [0.25, 0.3) is 5.56 Å². The van der Waals surface area contributed by atoms with Gasteiger partial charge in [0.1, 0.15) is 12.4 Å². The van der Waals surface area contributed by atoms with Gasteiger partial charge in [0.15, 0.2) is 16.3 Å². The van der Waals surface area contributed by atoms with Crippen molar-refractivity contribution in [2.45, 2.75) is 26.5 Å². The molecule has 222 valence electrons. The highest BCUT2D eigenvalue weighted by atomic mass is 79.9. The summed E-state index contributed by atoms with van der Waals surface area (Å²) >= 11 is 10.8. The van der Waals surface area contributed by atoms with Crippen molar-refractivity contribution >= 4 is 50.9 Å². The van der Waals surface area contributed by atoms with Gasteiger partial charge in [0, 0.05) is 5.02 Å². The van der Waals surface area contributed by atoms with Crippen LogP contribution in [0.3, 0.4) is 0 Å². The molecule has 3 aromatic carbocycles. The van der Waals surface area contributed by atoms with Gasteiger partial charge in [-0.3, -0.25) is 9.36 Å². The monoisotopic (exact) mass is 682 g/mol. The Morgan fingerprint density at radius 3 is 2.44 bits per heavy atom. The molecule has 2 heterocycles. The Bertz CT molecular complexity index is 1900. The van der Waals surface area contributed by atoms with Gasteiger partial charge in [-0.05, 0) is 88.9 Å². The lowest BCUT2D eigenvalue weighted by Crippen LogP contribution is -2.39. The molecular weight excluding hydrogens is 656 g/mol. The zero-order valence-electron chi connectivity index (χ0n) is 23.9. The van der Waals surface area contributed by atoms with Crippen molar-refractivity contribution in [3.05, 3.63) is 118 Å². The Hall–Kier alpha value is -3.86. The number of allylic oxidation sites excluding steroid dienone is 1. The lowest BCUT2D eigenvalue weighted by atomic mass is 9.96. The van der Waals surface area contributed by atoms with Crippen LogP contribution in [0.5, 0.6) is 17.2 Å². The van der Waals surface area contributed by atoms with Crippen molar-refractivity contribution in [3.8, 4) is 17.2 Å². The van der Waals surface area contributed by atoms with E-state index in [0.717, 1.165) is 11.1 Å². The molecule has 1 atom stereocenters. The number of hydrogen-bond donors (Lipinski definition) is 0. The lowest BCUT2D eigenvalue weighted by Gasteiger charge is -2.25. The Morgan fingerprint density at radius 1 is 1.05 bits per heavy atom. The topological polar surface area (TPSA) is 88.4 Å². The van der Waals surface area contributed by atoms with Gasteiger partial charge in [0.05, 0.1) is 47.1 Å². The Kier molecular flexibility index (Phi) is 9.39. The van der Waals surface area contributed by atoms with E-state index >= 15 is 0 Å². The first kappa shape index (κ1) is 30.6. The number of ether oxygens (including phenoxy) is 4. The van der Waals surface area contributed by atoms with Gasteiger partial charge in [-0.1, -0.05) is 47.2 Å². The fraction of sp³-hybridized carbons (Fsp3) is 0.219. The maximum atomic E-state index is 14.0. The molecule has 0 radical (unpaired) electrons. The van der Waals surface area contributed by atoms with Crippen LogP contribution in [0, 0.1) is 0 Å². The maximum absolute atomic E-state index is 14.0. The first-order chi connectivity index (χ1) is 20.7. The molecule has 0 unspecified atom stereocenters. The quantitative estimate of drug-likeness (QED) is 0.207. The molecule has 8 nitrogen and oxygen atoms in total.